The van der Waals surface area contributed by atoms with E-state index in [1.54, 1.807) is 0 Å². The number of nitrogens with zero attached hydrogens (tertiary/aromatic N) is 2. The predicted octanol–water partition coefficient (Wildman–Crippen LogP) is 2.81. The molecule has 0 unspecified atom stereocenters. The molecular weight excluding hydrogens is 235 g/mol. The van der Waals surface area contributed by atoms with Crippen LogP contribution in [0, 0.1) is 20.2 Å². The van der Waals surface area contributed by atoms with Crippen LogP contribution < -0.4 is 0 Å². The fraction of sp³-hybridized carbons (Fsp3) is 0. The van der Waals surface area contributed by atoms with Crippen LogP contribution in [0.4, 0.5) is 11.4 Å². The Balaban J connectivity index is 3.39. The summed E-state index contributed by atoms with van der Waals surface area (Å²) >= 11 is 10.9. The maximum absolute atomic E-state index is 10.4. The van der Waals surface area contributed by atoms with Crippen molar-refractivity contribution in [2.24, 2.45) is 0 Å². The largest absolute Gasteiger partial charge is 0.306 e. The highest BCUT2D eigenvalue weighted by molar-refractivity contribution is 6.38. The molecule has 0 heterocycles. The second kappa shape index (κ2) is 3.77. The highest BCUT2D eigenvalue weighted by atomic mass is 35.5. The first-order valence-corrected chi connectivity index (χ1v) is 3.97. The van der Waals surface area contributed by atoms with Crippen molar-refractivity contribution in [1.29, 1.82) is 0 Å². The standard InChI is InChI=1S/C6H2Cl2N2O4/c7-4-1-3(9(11)12)2-5(8)6(4)10(13)14/h1-2H. The van der Waals surface area contributed by atoms with Gasteiger partial charge in [-0.05, 0) is 0 Å². The summed E-state index contributed by atoms with van der Waals surface area (Å²) in [6.07, 6.45) is 0. The number of hydrogen-bond acceptors (Lipinski definition) is 4. The van der Waals surface area contributed by atoms with E-state index in [4.69, 9.17) is 23.2 Å². The smallest absolute Gasteiger partial charge is 0.258 e. The molecule has 14 heavy (non-hydrogen) atoms. The Kier molecular flexibility index (Phi) is 2.87. The third-order valence-electron chi connectivity index (χ3n) is 1.40. The quantitative estimate of drug-likeness (QED) is 0.584. The van der Waals surface area contributed by atoms with E-state index in [1.165, 1.54) is 0 Å². The fourth-order valence-electron chi connectivity index (χ4n) is 0.832. The van der Waals surface area contributed by atoms with Crippen LogP contribution in [-0.4, -0.2) is 9.85 Å². The van der Waals surface area contributed by atoms with Gasteiger partial charge in [-0.25, -0.2) is 0 Å². The van der Waals surface area contributed by atoms with Crippen molar-refractivity contribution in [3.05, 3.63) is 42.4 Å². The van der Waals surface area contributed by atoms with Crippen molar-refractivity contribution < 1.29 is 9.85 Å². The lowest BCUT2D eigenvalue weighted by atomic mass is 10.3. The van der Waals surface area contributed by atoms with Crippen LogP contribution in [-0.2, 0) is 0 Å². The Hall–Kier alpha value is -1.40. The molecule has 8 heteroatoms. The van der Waals surface area contributed by atoms with E-state index >= 15 is 0 Å². The molecule has 0 fully saturated rings. The molecule has 0 spiro atoms. The lowest BCUT2D eigenvalue weighted by Gasteiger charge is -1.97. The maximum atomic E-state index is 10.4. The van der Waals surface area contributed by atoms with Gasteiger partial charge < -0.3 is 0 Å². The lowest BCUT2D eigenvalue weighted by Crippen LogP contribution is -1.93. The molecule has 1 aromatic carbocycles. The monoisotopic (exact) mass is 236 g/mol. The number of hydrogen-bond donors (Lipinski definition) is 0. The summed E-state index contributed by atoms with van der Waals surface area (Å²) in [5, 5.41) is 20.0. The van der Waals surface area contributed by atoms with Gasteiger partial charge in [0.05, 0.1) is 9.85 Å². The molecule has 1 aromatic rings. The number of rotatable bonds is 2. The summed E-state index contributed by atoms with van der Waals surface area (Å²) in [7, 11) is 0. The van der Waals surface area contributed by atoms with Crippen molar-refractivity contribution in [3.8, 4) is 0 Å². The van der Waals surface area contributed by atoms with Gasteiger partial charge in [-0.15, -0.1) is 0 Å². The number of benzene rings is 1. The zero-order valence-corrected chi connectivity index (χ0v) is 7.95. The molecule has 0 bridgehead atoms. The zero-order valence-electron chi connectivity index (χ0n) is 6.44. The van der Waals surface area contributed by atoms with Crippen molar-refractivity contribution in [3.63, 3.8) is 0 Å². The molecule has 0 aliphatic carbocycles. The molecule has 0 amide bonds. The molecule has 0 atom stereocenters. The Bertz CT molecular complexity index is 397. The minimum atomic E-state index is -0.797. The SMILES string of the molecule is O=[N+]([O-])c1cc(Cl)c([N+](=O)[O-])c(Cl)c1. The van der Waals surface area contributed by atoms with E-state index < -0.39 is 15.5 Å². The molecule has 0 aromatic heterocycles. The maximum Gasteiger partial charge on any atom is 0.306 e. The first-order chi connectivity index (χ1) is 6.43. The van der Waals surface area contributed by atoms with Crippen molar-refractivity contribution in [2.45, 2.75) is 0 Å². The second-order valence-corrected chi connectivity index (χ2v) is 3.09. The van der Waals surface area contributed by atoms with Gasteiger partial charge in [-0.2, -0.15) is 0 Å². The summed E-state index contributed by atoms with van der Waals surface area (Å²) < 4.78 is 0. The second-order valence-electron chi connectivity index (χ2n) is 2.27. The number of nitro groups is 2. The van der Waals surface area contributed by atoms with E-state index in [0.717, 1.165) is 12.1 Å². The molecule has 74 valence electrons. The van der Waals surface area contributed by atoms with Crippen molar-refractivity contribution >= 4 is 34.6 Å². The van der Waals surface area contributed by atoms with Crippen LogP contribution in [0.5, 0.6) is 0 Å². The Labute approximate surface area is 87.3 Å². The average Bonchev–Trinajstić information content (AvgIpc) is 2.01. The first-order valence-electron chi connectivity index (χ1n) is 3.21. The molecule has 1 rings (SSSR count). The van der Waals surface area contributed by atoms with Crippen LogP contribution in [0.2, 0.25) is 10.0 Å². The molecule has 0 radical (unpaired) electrons. The van der Waals surface area contributed by atoms with Gasteiger partial charge in [0.25, 0.3) is 5.69 Å². The van der Waals surface area contributed by atoms with Gasteiger partial charge in [0.1, 0.15) is 10.0 Å². The van der Waals surface area contributed by atoms with Crippen molar-refractivity contribution in [1.82, 2.24) is 0 Å². The summed E-state index contributed by atoms with van der Waals surface area (Å²) in [5.74, 6) is 0. The molecule has 0 saturated heterocycles. The Morgan fingerprint density at radius 1 is 1.00 bits per heavy atom. The Morgan fingerprint density at radius 3 is 1.71 bits per heavy atom. The van der Waals surface area contributed by atoms with Crippen molar-refractivity contribution in [2.75, 3.05) is 0 Å². The number of nitro benzene ring substituents is 2. The minimum absolute atomic E-state index is 0.353. The highest BCUT2D eigenvalue weighted by Gasteiger charge is 2.22. The topological polar surface area (TPSA) is 86.3 Å². The fourth-order valence-corrected chi connectivity index (χ4v) is 1.45. The number of non-ortho nitro benzene ring substituents is 1. The third-order valence-corrected chi connectivity index (χ3v) is 1.97. The van der Waals surface area contributed by atoms with Gasteiger partial charge in [-0.3, -0.25) is 20.2 Å². The molecule has 0 aliphatic rings. The normalized spacial score (nSPS) is 9.86. The predicted molar refractivity (Wildman–Crippen MR) is 49.8 cm³/mol. The van der Waals surface area contributed by atoms with E-state index in [-0.39, 0.29) is 15.7 Å². The van der Waals surface area contributed by atoms with E-state index in [1.807, 2.05) is 0 Å². The van der Waals surface area contributed by atoms with Gasteiger partial charge >= 0.3 is 5.69 Å². The van der Waals surface area contributed by atoms with Crippen LogP contribution >= 0.6 is 23.2 Å². The molecular formula is C6H2Cl2N2O4. The zero-order chi connectivity index (χ0) is 10.9. The van der Waals surface area contributed by atoms with Crippen LogP contribution in [0.25, 0.3) is 0 Å². The first kappa shape index (κ1) is 10.7. The van der Waals surface area contributed by atoms with Gasteiger partial charge in [0.2, 0.25) is 0 Å². The summed E-state index contributed by atoms with van der Waals surface area (Å²) in [4.78, 5) is 19.2. The molecule has 0 aliphatic heterocycles. The van der Waals surface area contributed by atoms with Gasteiger partial charge in [0.15, 0.2) is 0 Å². The average molecular weight is 237 g/mol. The minimum Gasteiger partial charge on any atom is -0.258 e. The summed E-state index contributed by atoms with van der Waals surface area (Å²) in [6.45, 7) is 0. The number of halogens is 2. The van der Waals surface area contributed by atoms with Gasteiger partial charge in [-0.1, -0.05) is 23.2 Å². The highest BCUT2D eigenvalue weighted by Crippen LogP contribution is 2.35. The van der Waals surface area contributed by atoms with Crippen LogP contribution in [0.3, 0.4) is 0 Å². The molecule has 0 N–H and O–H groups in total. The third kappa shape index (κ3) is 1.91. The molecule has 0 saturated carbocycles. The summed E-state index contributed by atoms with van der Waals surface area (Å²) in [5.41, 5.74) is -0.912. The van der Waals surface area contributed by atoms with E-state index in [9.17, 15) is 20.2 Å². The van der Waals surface area contributed by atoms with Gasteiger partial charge in [0, 0.05) is 12.1 Å². The van der Waals surface area contributed by atoms with Crippen LogP contribution in [0.1, 0.15) is 0 Å². The lowest BCUT2D eigenvalue weighted by molar-refractivity contribution is -0.388. The molecule has 6 nitrogen and oxygen atoms in total. The Morgan fingerprint density at radius 2 is 1.43 bits per heavy atom. The summed E-state index contributed by atoms with van der Waals surface area (Å²) in [6, 6.07) is 1.76. The van der Waals surface area contributed by atoms with E-state index in [0.29, 0.717) is 0 Å². The van der Waals surface area contributed by atoms with E-state index in [2.05, 4.69) is 0 Å². The van der Waals surface area contributed by atoms with Crippen LogP contribution in [0.15, 0.2) is 12.1 Å².